The van der Waals surface area contributed by atoms with Gasteiger partial charge in [-0.1, -0.05) is 60.7 Å². The van der Waals surface area contributed by atoms with E-state index in [1.165, 1.54) is 0 Å². The van der Waals surface area contributed by atoms with E-state index in [0.29, 0.717) is 19.8 Å². The molecular weight excluding hydrogens is 420 g/mol. The normalized spacial score (nSPS) is 25.8. The number of hydrogen-bond acceptors (Lipinski definition) is 6. The van der Waals surface area contributed by atoms with E-state index >= 15 is 0 Å². The van der Waals surface area contributed by atoms with Crippen LogP contribution in [0.15, 0.2) is 84.9 Å². The van der Waals surface area contributed by atoms with Crippen molar-refractivity contribution in [2.45, 2.75) is 43.9 Å². The SMILES string of the molecule is COc1ccc(OC[C@H]2O[C@H]3O[C@H]([C@H]3OCc3ccccc3)[C@@H]2OCc2ccccc2)cc1. The maximum atomic E-state index is 6.31. The number of ether oxygens (including phenoxy) is 6. The average molecular weight is 449 g/mol. The molecule has 3 heterocycles. The first-order chi connectivity index (χ1) is 16.3. The lowest BCUT2D eigenvalue weighted by Crippen LogP contribution is -2.71. The minimum atomic E-state index is -0.417. The highest BCUT2D eigenvalue weighted by molar-refractivity contribution is 5.31. The van der Waals surface area contributed by atoms with E-state index in [1.54, 1.807) is 7.11 Å². The molecule has 6 rings (SSSR count). The summed E-state index contributed by atoms with van der Waals surface area (Å²) in [7, 11) is 1.64. The summed E-state index contributed by atoms with van der Waals surface area (Å²) in [6, 6.07) is 27.7. The number of benzene rings is 3. The first-order valence-electron chi connectivity index (χ1n) is 11.2. The minimum absolute atomic E-state index is 0.178. The van der Waals surface area contributed by atoms with E-state index in [9.17, 15) is 0 Å². The Labute approximate surface area is 193 Å². The van der Waals surface area contributed by atoms with E-state index in [0.717, 1.165) is 22.6 Å². The first-order valence-corrected chi connectivity index (χ1v) is 11.2. The van der Waals surface area contributed by atoms with Crippen molar-refractivity contribution in [3.05, 3.63) is 96.1 Å². The Morgan fingerprint density at radius 2 is 1.24 bits per heavy atom. The van der Waals surface area contributed by atoms with Gasteiger partial charge < -0.3 is 28.4 Å². The van der Waals surface area contributed by atoms with Gasteiger partial charge in [-0.15, -0.1) is 0 Å². The number of rotatable bonds is 10. The van der Waals surface area contributed by atoms with E-state index < -0.39 is 6.29 Å². The quantitative estimate of drug-likeness (QED) is 0.459. The topological polar surface area (TPSA) is 55.4 Å². The van der Waals surface area contributed by atoms with E-state index in [2.05, 4.69) is 0 Å². The van der Waals surface area contributed by atoms with Gasteiger partial charge in [0.2, 0.25) is 0 Å². The molecule has 6 nitrogen and oxygen atoms in total. The molecule has 0 amide bonds. The Morgan fingerprint density at radius 3 is 1.85 bits per heavy atom. The standard InChI is InChI=1S/C27H28O6/c1-28-21-12-14-22(15-13-21)29-18-23-24(30-16-19-8-4-2-5-9-19)25-26(27(32-23)33-25)31-17-20-10-6-3-7-11-20/h2-15,23-27H,16-18H2,1H3/t23-,24-,25+,26-,27+/m1/s1. The summed E-state index contributed by atoms with van der Waals surface area (Å²) < 4.78 is 35.8. The number of methoxy groups -OCH3 is 1. The lowest BCUT2D eigenvalue weighted by Gasteiger charge is -2.54. The molecule has 3 aromatic rings. The molecule has 3 aromatic carbocycles. The molecule has 0 saturated carbocycles. The predicted molar refractivity (Wildman–Crippen MR) is 122 cm³/mol. The minimum Gasteiger partial charge on any atom is -0.497 e. The average Bonchev–Trinajstić information content (AvgIpc) is 2.87. The summed E-state index contributed by atoms with van der Waals surface area (Å²) in [5, 5.41) is 0. The van der Waals surface area contributed by atoms with Crippen molar-refractivity contribution in [3.63, 3.8) is 0 Å². The van der Waals surface area contributed by atoms with E-state index in [1.807, 2.05) is 84.9 Å². The lowest BCUT2D eigenvalue weighted by atomic mass is 9.93. The highest BCUT2D eigenvalue weighted by Crippen LogP contribution is 2.39. The van der Waals surface area contributed by atoms with Crippen molar-refractivity contribution < 1.29 is 28.4 Å². The molecule has 0 unspecified atom stereocenters. The zero-order valence-electron chi connectivity index (χ0n) is 18.5. The van der Waals surface area contributed by atoms with Crippen LogP contribution >= 0.6 is 0 Å². The predicted octanol–water partition coefficient (Wildman–Crippen LogP) is 4.37. The second-order valence-corrected chi connectivity index (χ2v) is 8.15. The van der Waals surface area contributed by atoms with Gasteiger partial charge >= 0.3 is 0 Å². The second-order valence-electron chi connectivity index (χ2n) is 8.15. The van der Waals surface area contributed by atoms with Crippen LogP contribution in [0.3, 0.4) is 0 Å². The fourth-order valence-corrected chi connectivity index (χ4v) is 4.10. The van der Waals surface area contributed by atoms with Crippen molar-refractivity contribution in [1.29, 1.82) is 0 Å². The third-order valence-corrected chi connectivity index (χ3v) is 5.93. The van der Waals surface area contributed by atoms with Crippen LogP contribution in [-0.2, 0) is 32.2 Å². The van der Waals surface area contributed by atoms with Crippen molar-refractivity contribution in [2.75, 3.05) is 13.7 Å². The first kappa shape index (κ1) is 21.9. The summed E-state index contributed by atoms with van der Waals surface area (Å²) >= 11 is 0. The molecule has 0 aromatic heterocycles. The zero-order valence-corrected chi connectivity index (χ0v) is 18.5. The number of hydrogen-bond donors (Lipinski definition) is 0. The van der Waals surface area contributed by atoms with Gasteiger partial charge in [0, 0.05) is 0 Å². The van der Waals surface area contributed by atoms with Gasteiger partial charge in [0.05, 0.1) is 20.3 Å². The van der Waals surface area contributed by atoms with E-state index in [4.69, 9.17) is 28.4 Å². The van der Waals surface area contributed by atoms with Crippen LogP contribution in [0.2, 0.25) is 0 Å². The molecule has 3 aliphatic rings. The molecule has 0 radical (unpaired) electrons. The van der Waals surface area contributed by atoms with Crippen molar-refractivity contribution in [2.24, 2.45) is 0 Å². The molecule has 0 aliphatic carbocycles. The Morgan fingerprint density at radius 1 is 0.667 bits per heavy atom. The largest absolute Gasteiger partial charge is 0.497 e. The molecule has 172 valence electrons. The third kappa shape index (κ3) is 5.20. The molecule has 3 saturated heterocycles. The van der Waals surface area contributed by atoms with Crippen LogP contribution in [0, 0.1) is 0 Å². The summed E-state index contributed by atoms with van der Waals surface area (Å²) in [5.74, 6) is 1.53. The molecule has 6 heteroatoms. The molecule has 0 N–H and O–H groups in total. The fraction of sp³-hybridized carbons (Fsp3) is 0.333. The smallest absolute Gasteiger partial charge is 0.187 e. The Balaban J connectivity index is 1.24. The summed E-state index contributed by atoms with van der Waals surface area (Å²) in [6.45, 7) is 1.32. The lowest BCUT2D eigenvalue weighted by molar-refractivity contribution is -0.420. The fourth-order valence-electron chi connectivity index (χ4n) is 4.10. The zero-order chi connectivity index (χ0) is 22.5. The van der Waals surface area contributed by atoms with Crippen LogP contribution in [0.4, 0.5) is 0 Å². The van der Waals surface area contributed by atoms with Crippen molar-refractivity contribution in [1.82, 2.24) is 0 Å². The molecule has 33 heavy (non-hydrogen) atoms. The number of fused-ring (bicyclic) bond motifs is 2. The Bertz CT molecular complexity index is 994. The molecule has 5 atom stereocenters. The van der Waals surface area contributed by atoms with E-state index in [-0.39, 0.29) is 24.4 Å². The van der Waals surface area contributed by atoms with Crippen molar-refractivity contribution >= 4 is 0 Å². The monoisotopic (exact) mass is 448 g/mol. The third-order valence-electron chi connectivity index (χ3n) is 5.93. The summed E-state index contributed by atoms with van der Waals surface area (Å²) in [5.41, 5.74) is 2.21. The highest BCUT2D eigenvalue weighted by atomic mass is 16.8. The molecule has 2 bridgehead atoms. The van der Waals surface area contributed by atoms with Crippen LogP contribution < -0.4 is 9.47 Å². The Kier molecular flexibility index (Phi) is 6.88. The summed E-state index contributed by atoms with van der Waals surface area (Å²) in [4.78, 5) is 0. The van der Waals surface area contributed by atoms with Crippen LogP contribution in [0.1, 0.15) is 11.1 Å². The van der Waals surface area contributed by atoms with Crippen LogP contribution in [-0.4, -0.2) is 44.4 Å². The highest BCUT2D eigenvalue weighted by Gasteiger charge is 2.57. The van der Waals surface area contributed by atoms with Gasteiger partial charge in [0.15, 0.2) is 6.29 Å². The molecule has 0 spiro atoms. The van der Waals surface area contributed by atoms with Gasteiger partial charge in [0.1, 0.15) is 42.5 Å². The molecular formula is C27H28O6. The van der Waals surface area contributed by atoms with Gasteiger partial charge in [-0.2, -0.15) is 0 Å². The second kappa shape index (κ2) is 10.4. The van der Waals surface area contributed by atoms with Gasteiger partial charge in [-0.05, 0) is 35.4 Å². The van der Waals surface area contributed by atoms with Gasteiger partial charge in [-0.3, -0.25) is 0 Å². The van der Waals surface area contributed by atoms with Gasteiger partial charge in [-0.25, -0.2) is 0 Å². The maximum Gasteiger partial charge on any atom is 0.187 e. The van der Waals surface area contributed by atoms with Crippen LogP contribution in [0.25, 0.3) is 0 Å². The molecule has 3 aliphatic heterocycles. The molecule has 3 fully saturated rings. The van der Waals surface area contributed by atoms with Gasteiger partial charge in [0.25, 0.3) is 0 Å². The maximum absolute atomic E-state index is 6.31. The summed E-state index contributed by atoms with van der Waals surface area (Å²) in [6.07, 6.45) is -1.38. The van der Waals surface area contributed by atoms with Crippen LogP contribution in [0.5, 0.6) is 11.5 Å². The van der Waals surface area contributed by atoms with Crippen molar-refractivity contribution in [3.8, 4) is 11.5 Å². The Hall–Kier alpha value is -2.90.